The quantitative estimate of drug-likeness (QED) is 0.798. The number of amides is 1. The maximum Gasteiger partial charge on any atom is 0.237 e. The van der Waals surface area contributed by atoms with Crippen molar-refractivity contribution in [2.75, 3.05) is 10.7 Å². The summed E-state index contributed by atoms with van der Waals surface area (Å²) in [5.74, 6) is 0.432. The lowest BCUT2D eigenvalue weighted by molar-refractivity contribution is -0.116. The minimum absolute atomic E-state index is 0.0555. The van der Waals surface area contributed by atoms with E-state index in [-0.39, 0.29) is 17.8 Å². The van der Waals surface area contributed by atoms with Gasteiger partial charge >= 0.3 is 0 Å². The fourth-order valence-corrected chi connectivity index (χ4v) is 4.15. The van der Waals surface area contributed by atoms with Crippen LogP contribution in [-0.4, -0.2) is 17.7 Å². The first kappa shape index (κ1) is 16.3. The molecule has 3 rings (SSSR count). The highest BCUT2D eigenvalue weighted by atomic mass is 35.5. The summed E-state index contributed by atoms with van der Waals surface area (Å²) in [6.45, 7) is 2.05. The number of carbonyl (C=O) groups is 1. The minimum atomic E-state index is -0.322. The lowest BCUT2D eigenvalue weighted by Gasteiger charge is -2.22. The number of para-hydroxylation sites is 1. The summed E-state index contributed by atoms with van der Waals surface area (Å²) >= 11 is 7.40. The summed E-state index contributed by atoms with van der Waals surface area (Å²) < 4.78 is 13.7. The van der Waals surface area contributed by atoms with E-state index in [9.17, 15) is 9.18 Å². The summed E-state index contributed by atoms with van der Waals surface area (Å²) in [5, 5.41) is 0.407. The average molecular weight is 350 g/mol. The number of benzene rings is 2. The lowest BCUT2D eigenvalue weighted by Crippen LogP contribution is -2.37. The Morgan fingerprint density at radius 3 is 2.87 bits per heavy atom. The molecule has 1 unspecified atom stereocenters. The molecule has 0 spiro atoms. The van der Waals surface area contributed by atoms with Crippen molar-refractivity contribution in [1.82, 2.24) is 0 Å². The molecule has 0 fully saturated rings. The molecule has 2 nitrogen and oxygen atoms in total. The molecule has 23 heavy (non-hydrogen) atoms. The summed E-state index contributed by atoms with van der Waals surface area (Å²) in [4.78, 5) is 14.4. The smallest absolute Gasteiger partial charge is 0.237 e. The first-order valence-electron chi connectivity index (χ1n) is 7.48. The third-order valence-electron chi connectivity index (χ3n) is 4.01. The second kappa shape index (κ2) is 6.93. The van der Waals surface area contributed by atoms with Crippen LogP contribution in [0.4, 0.5) is 10.1 Å². The molecular weight excluding hydrogens is 333 g/mol. The Morgan fingerprint density at radius 2 is 2.09 bits per heavy atom. The molecule has 5 heteroatoms. The van der Waals surface area contributed by atoms with E-state index < -0.39 is 0 Å². The third kappa shape index (κ3) is 3.38. The molecule has 1 heterocycles. The Hall–Kier alpha value is -1.52. The summed E-state index contributed by atoms with van der Waals surface area (Å²) in [5.41, 5.74) is 2.66. The van der Waals surface area contributed by atoms with Crippen LogP contribution in [0.15, 0.2) is 42.5 Å². The second-order valence-electron chi connectivity index (χ2n) is 5.64. The van der Waals surface area contributed by atoms with Gasteiger partial charge in [-0.2, -0.15) is 0 Å². The Kier molecular flexibility index (Phi) is 4.93. The highest BCUT2D eigenvalue weighted by Gasteiger charge is 2.30. The van der Waals surface area contributed by atoms with Crippen molar-refractivity contribution < 1.29 is 9.18 Å². The number of hydrogen-bond donors (Lipinski definition) is 0. The van der Waals surface area contributed by atoms with Gasteiger partial charge in [-0.25, -0.2) is 4.39 Å². The molecule has 1 atom stereocenters. The molecule has 1 aliphatic heterocycles. The van der Waals surface area contributed by atoms with Gasteiger partial charge in [0, 0.05) is 28.1 Å². The van der Waals surface area contributed by atoms with Gasteiger partial charge in [-0.15, -0.1) is 11.8 Å². The second-order valence-corrected chi connectivity index (χ2v) is 7.03. The van der Waals surface area contributed by atoms with E-state index in [2.05, 4.69) is 13.0 Å². The van der Waals surface area contributed by atoms with Crippen molar-refractivity contribution in [2.24, 2.45) is 0 Å². The number of nitrogens with zero attached hydrogens (tertiary/aromatic N) is 1. The van der Waals surface area contributed by atoms with E-state index in [4.69, 9.17) is 11.6 Å². The van der Waals surface area contributed by atoms with Gasteiger partial charge in [0.2, 0.25) is 5.91 Å². The Bertz CT molecular complexity index is 716. The van der Waals surface area contributed by atoms with Gasteiger partial charge < -0.3 is 4.90 Å². The summed E-state index contributed by atoms with van der Waals surface area (Å²) in [6, 6.07) is 12.8. The van der Waals surface area contributed by atoms with Crippen molar-refractivity contribution >= 4 is 35.0 Å². The molecule has 0 saturated heterocycles. The van der Waals surface area contributed by atoms with Gasteiger partial charge in [0.05, 0.1) is 5.75 Å². The lowest BCUT2D eigenvalue weighted by atomic mass is 10.1. The number of hydrogen-bond acceptors (Lipinski definition) is 2. The largest absolute Gasteiger partial charge is 0.308 e. The van der Waals surface area contributed by atoms with Crippen LogP contribution in [0.2, 0.25) is 5.02 Å². The standard InChI is InChI=1S/C18H17ClFNOS/c1-12-9-13-5-2-3-8-17(13)21(12)18(22)11-23-10-14-15(19)6-4-7-16(14)20/h2-8,12H,9-11H2,1H3. The SMILES string of the molecule is CC1Cc2ccccc2N1C(=O)CSCc1c(F)cccc1Cl. The number of halogens is 2. The monoisotopic (exact) mass is 349 g/mol. The first-order valence-corrected chi connectivity index (χ1v) is 9.02. The van der Waals surface area contributed by atoms with E-state index in [0.29, 0.717) is 22.1 Å². The molecule has 0 aliphatic carbocycles. The number of thioether (sulfide) groups is 1. The summed E-state index contributed by atoms with van der Waals surface area (Å²) in [7, 11) is 0. The predicted octanol–water partition coefficient (Wildman–Crippen LogP) is 4.69. The van der Waals surface area contributed by atoms with Crippen LogP contribution in [0.5, 0.6) is 0 Å². The topological polar surface area (TPSA) is 20.3 Å². The van der Waals surface area contributed by atoms with Crippen LogP contribution < -0.4 is 4.90 Å². The van der Waals surface area contributed by atoms with Crippen molar-refractivity contribution in [3.05, 3.63) is 64.4 Å². The van der Waals surface area contributed by atoms with Crippen LogP contribution in [0.1, 0.15) is 18.1 Å². The fourth-order valence-electron chi connectivity index (χ4n) is 2.93. The average Bonchev–Trinajstić information content (AvgIpc) is 2.86. The molecule has 0 N–H and O–H groups in total. The highest BCUT2D eigenvalue weighted by molar-refractivity contribution is 7.99. The van der Waals surface area contributed by atoms with Crippen LogP contribution in [-0.2, 0) is 17.0 Å². The van der Waals surface area contributed by atoms with E-state index in [0.717, 1.165) is 12.1 Å². The highest BCUT2D eigenvalue weighted by Crippen LogP contribution is 2.32. The van der Waals surface area contributed by atoms with Crippen LogP contribution in [0.3, 0.4) is 0 Å². The molecule has 0 aromatic heterocycles. The number of fused-ring (bicyclic) bond motifs is 1. The first-order chi connectivity index (χ1) is 11.1. The van der Waals surface area contributed by atoms with E-state index >= 15 is 0 Å². The Balaban J connectivity index is 1.64. The Morgan fingerprint density at radius 1 is 1.30 bits per heavy atom. The van der Waals surface area contributed by atoms with E-state index in [1.54, 1.807) is 12.1 Å². The van der Waals surface area contributed by atoms with E-state index in [1.807, 2.05) is 23.1 Å². The number of carbonyl (C=O) groups excluding carboxylic acids is 1. The van der Waals surface area contributed by atoms with Crippen LogP contribution in [0, 0.1) is 5.82 Å². The van der Waals surface area contributed by atoms with Crippen LogP contribution >= 0.6 is 23.4 Å². The Labute approximate surface area is 144 Å². The van der Waals surface area contributed by atoms with Gasteiger partial charge in [-0.3, -0.25) is 4.79 Å². The molecule has 0 bridgehead atoms. The molecule has 0 radical (unpaired) electrons. The molecule has 1 aliphatic rings. The molecule has 120 valence electrons. The normalized spacial score (nSPS) is 16.5. The zero-order valence-corrected chi connectivity index (χ0v) is 14.3. The van der Waals surface area contributed by atoms with Gasteiger partial charge in [0.15, 0.2) is 0 Å². The van der Waals surface area contributed by atoms with Gasteiger partial charge in [-0.1, -0.05) is 35.9 Å². The van der Waals surface area contributed by atoms with Crippen LogP contribution in [0.25, 0.3) is 0 Å². The minimum Gasteiger partial charge on any atom is -0.308 e. The van der Waals surface area contributed by atoms with E-state index in [1.165, 1.54) is 23.4 Å². The van der Waals surface area contributed by atoms with Gasteiger partial charge in [0.1, 0.15) is 5.82 Å². The maximum atomic E-state index is 13.7. The number of rotatable bonds is 4. The van der Waals surface area contributed by atoms with Crippen molar-refractivity contribution in [3.63, 3.8) is 0 Å². The van der Waals surface area contributed by atoms with Gasteiger partial charge in [-0.05, 0) is 37.1 Å². The van der Waals surface area contributed by atoms with Crippen molar-refractivity contribution in [3.8, 4) is 0 Å². The number of anilines is 1. The molecular formula is C18H17ClFNOS. The maximum absolute atomic E-state index is 13.7. The predicted molar refractivity (Wildman–Crippen MR) is 94.7 cm³/mol. The zero-order chi connectivity index (χ0) is 16.4. The zero-order valence-electron chi connectivity index (χ0n) is 12.8. The fraction of sp³-hybridized carbons (Fsp3) is 0.278. The molecule has 2 aromatic carbocycles. The third-order valence-corrected chi connectivity index (χ3v) is 5.31. The summed E-state index contributed by atoms with van der Waals surface area (Å²) in [6.07, 6.45) is 0.881. The van der Waals surface area contributed by atoms with Crippen molar-refractivity contribution in [1.29, 1.82) is 0 Å². The molecule has 1 amide bonds. The molecule has 2 aromatic rings. The van der Waals surface area contributed by atoms with Crippen molar-refractivity contribution in [2.45, 2.75) is 25.1 Å². The van der Waals surface area contributed by atoms with Gasteiger partial charge in [0.25, 0.3) is 0 Å². The molecule has 0 saturated carbocycles.